The minimum absolute atomic E-state index is 0. The van der Waals surface area contributed by atoms with Crippen molar-refractivity contribution >= 4 is 46.0 Å². The van der Waals surface area contributed by atoms with Crippen molar-refractivity contribution in [3.8, 4) is 5.75 Å². The maximum absolute atomic E-state index is 13.3. The highest BCUT2D eigenvalue weighted by molar-refractivity contribution is 8.93. The Morgan fingerprint density at radius 3 is 2.39 bits per heavy atom. The molecule has 0 aromatic heterocycles. The minimum Gasteiger partial charge on any atom is -0.493 e. The molecule has 3 N–H and O–H groups in total. The number of hydrogen-bond acceptors (Lipinski definition) is 6. The van der Waals surface area contributed by atoms with Crippen LogP contribution in [0.2, 0.25) is 0 Å². The number of benzene rings is 2. The summed E-state index contributed by atoms with van der Waals surface area (Å²) in [6.07, 6.45) is 0. The van der Waals surface area contributed by atoms with E-state index in [0.717, 1.165) is 11.1 Å². The van der Waals surface area contributed by atoms with Gasteiger partial charge in [-0.05, 0) is 60.7 Å². The number of carbonyl (C=O) groups is 3. The summed E-state index contributed by atoms with van der Waals surface area (Å²) in [7, 11) is 1.55. The van der Waals surface area contributed by atoms with Crippen LogP contribution < -0.4 is 15.4 Å². The summed E-state index contributed by atoms with van der Waals surface area (Å²) in [5.41, 5.74) is 3.85. The van der Waals surface area contributed by atoms with Crippen molar-refractivity contribution in [1.29, 1.82) is 5.41 Å². The molecule has 2 aromatic carbocycles. The predicted octanol–water partition coefficient (Wildman–Crippen LogP) is 4.35. The van der Waals surface area contributed by atoms with Crippen LogP contribution in [0.4, 0.5) is 5.69 Å². The zero-order valence-electron chi connectivity index (χ0n) is 21.7. The Hall–Kier alpha value is -3.20. The molecule has 9 heteroatoms. The lowest BCUT2D eigenvalue weighted by atomic mass is 9.85. The van der Waals surface area contributed by atoms with Crippen LogP contribution in [0.3, 0.4) is 0 Å². The molecule has 0 aliphatic carbocycles. The van der Waals surface area contributed by atoms with Crippen molar-refractivity contribution in [2.24, 2.45) is 0 Å². The van der Waals surface area contributed by atoms with Gasteiger partial charge in [-0.2, -0.15) is 0 Å². The van der Waals surface area contributed by atoms with Crippen LogP contribution in [0.25, 0.3) is 0 Å². The van der Waals surface area contributed by atoms with Gasteiger partial charge < -0.3 is 20.3 Å². The molecule has 0 atom stereocenters. The monoisotopic (exact) mass is 558 g/mol. The second kappa shape index (κ2) is 11.7. The molecule has 0 bridgehead atoms. The number of anilines is 1. The average molecular weight is 560 g/mol. The molecule has 2 aromatic rings. The van der Waals surface area contributed by atoms with Gasteiger partial charge in [0, 0.05) is 30.4 Å². The van der Waals surface area contributed by atoms with Gasteiger partial charge in [-0.25, -0.2) is 0 Å². The van der Waals surface area contributed by atoms with Crippen LogP contribution in [0.5, 0.6) is 5.75 Å². The lowest BCUT2D eigenvalue weighted by Gasteiger charge is -2.22. The third kappa shape index (κ3) is 6.51. The number of fused-ring (bicyclic) bond motifs is 1. The molecule has 8 nitrogen and oxygen atoms in total. The first-order valence-electron chi connectivity index (χ1n) is 11.7. The number of hydrogen-bond donors (Lipinski definition) is 3. The van der Waals surface area contributed by atoms with E-state index in [2.05, 4.69) is 31.4 Å². The number of carbonyl (C=O) groups excluding carboxylic acids is 3. The molecule has 0 radical (unpaired) electrons. The number of nitrogens with zero attached hydrogens (tertiary/aromatic N) is 1. The van der Waals surface area contributed by atoms with Crippen LogP contribution in [0, 0.1) is 5.41 Å². The van der Waals surface area contributed by atoms with Crippen molar-refractivity contribution in [3.63, 3.8) is 0 Å². The summed E-state index contributed by atoms with van der Waals surface area (Å²) in [6.45, 7) is 10.5. The second-order valence-electron chi connectivity index (χ2n) is 9.75. The number of halogens is 1. The molecule has 1 amide bonds. The molecule has 1 heterocycles. The number of ether oxygens (including phenoxy) is 1. The van der Waals surface area contributed by atoms with Gasteiger partial charge in [0.1, 0.15) is 17.4 Å². The minimum atomic E-state index is -0.289. The van der Waals surface area contributed by atoms with Gasteiger partial charge in [-0.1, -0.05) is 20.8 Å². The van der Waals surface area contributed by atoms with E-state index in [1.165, 1.54) is 6.92 Å². The summed E-state index contributed by atoms with van der Waals surface area (Å²) < 4.78 is 5.66. The highest BCUT2D eigenvalue weighted by Crippen LogP contribution is 2.31. The molecule has 1 aliphatic heterocycles. The summed E-state index contributed by atoms with van der Waals surface area (Å²) in [5.74, 6) is 0.248. The molecule has 0 saturated carbocycles. The van der Waals surface area contributed by atoms with Gasteiger partial charge in [0.25, 0.3) is 5.91 Å². The fourth-order valence-corrected chi connectivity index (χ4v) is 3.97. The lowest BCUT2D eigenvalue weighted by molar-refractivity contribution is -0.115. The van der Waals surface area contributed by atoms with E-state index in [1.807, 2.05) is 19.1 Å². The lowest BCUT2D eigenvalue weighted by Crippen LogP contribution is -2.30. The molecule has 1 aliphatic rings. The number of rotatable bonds is 9. The van der Waals surface area contributed by atoms with Crippen LogP contribution in [0.15, 0.2) is 30.3 Å². The third-order valence-electron chi connectivity index (χ3n) is 5.91. The SMILES string of the molecule is Br.CCOc1cc2c(cc1C(=O)NC)C(=N)N(CC(=O)c1cc(NCC(C)=O)cc(C(C)(C)C)c1)C2. The summed E-state index contributed by atoms with van der Waals surface area (Å²) >= 11 is 0. The fourth-order valence-electron chi connectivity index (χ4n) is 3.97. The second-order valence-corrected chi connectivity index (χ2v) is 9.75. The Bertz CT molecular complexity index is 1190. The predicted molar refractivity (Wildman–Crippen MR) is 147 cm³/mol. The molecule has 3 rings (SSSR count). The topological polar surface area (TPSA) is 112 Å². The van der Waals surface area contributed by atoms with Gasteiger partial charge in [-0.3, -0.25) is 19.8 Å². The Kier molecular flexibility index (Phi) is 9.43. The first kappa shape index (κ1) is 29.0. The van der Waals surface area contributed by atoms with Crippen LogP contribution >= 0.6 is 17.0 Å². The number of Topliss-reactive ketones (excluding diaryl/α,β-unsaturated/α-hetero) is 2. The number of amidine groups is 1. The Balaban J connectivity index is 0.00000456. The maximum atomic E-state index is 13.3. The summed E-state index contributed by atoms with van der Waals surface area (Å²) in [4.78, 5) is 38.8. The van der Waals surface area contributed by atoms with E-state index >= 15 is 0 Å². The summed E-state index contributed by atoms with van der Waals surface area (Å²) in [6, 6.07) is 9.04. The van der Waals surface area contributed by atoms with Crippen molar-refractivity contribution in [3.05, 3.63) is 58.1 Å². The molecule has 194 valence electrons. The van der Waals surface area contributed by atoms with Crippen molar-refractivity contribution < 1.29 is 19.1 Å². The van der Waals surface area contributed by atoms with Gasteiger partial charge in [0.05, 0.1) is 25.3 Å². The zero-order valence-corrected chi connectivity index (χ0v) is 23.4. The highest BCUT2D eigenvalue weighted by atomic mass is 79.9. The Morgan fingerprint density at radius 1 is 1.11 bits per heavy atom. The van der Waals surface area contributed by atoms with Gasteiger partial charge in [-0.15, -0.1) is 17.0 Å². The van der Waals surface area contributed by atoms with E-state index in [1.54, 1.807) is 30.1 Å². The smallest absolute Gasteiger partial charge is 0.254 e. The Labute approximate surface area is 223 Å². The van der Waals surface area contributed by atoms with E-state index < -0.39 is 0 Å². The maximum Gasteiger partial charge on any atom is 0.254 e. The number of nitrogens with one attached hydrogen (secondary N) is 3. The van der Waals surface area contributed by atoms with Crippen LogP contribution in [-0.4, -0.2) is 55.0 Å². The van der Waals surface area contributed by atoms with Gasteiger partial charge in [0.2, 0.25) is 0 Å². The van der Waals surface area contributed by atoms with Crippen molar-refractivity contribution in [2.45, 2.75) is 46.6 Å². The molecule has 0 spiro atoms. The van der Waals surface area contributed by atoms with E-state index in [0.29, 0.717) is 41.3 Å². The van der Waals surface area contributed by atoms with Crippen molar-refractivity contribution in [2.75, 3.05) is 32.1 Å². The normalized spacial score (nSPS) is 12.5. The molecule has 0 fully saturated rings. The van der Waals surface area contributed by atoms with E-state index in [9.17, 15) is 14.4 Å². The fraction of sp³-hybridized carbons (Fsp3) is 0.407. The standard InChI is InChI=1S/C27H34N4O4.BrH/c1-7-35-24-10-18-14-31(25(28)21(18)12-22(24)26(34)29-6)15-23(33)17-8-19(27(3,4)5)11-20(9-17)30-13-16(2)32;/h8-12,28,30H,7,13-15H2,1-6H3,(H,29,34);1H. The molecular formula is C27H35BrN4O4. The van der Waals surface area contributed by atoms with Crippen molar-refractivity contribution in [1.82, 2.24) is 10.2 Å². The first-order chi connectivity index (χ1) is 16.4. The van der Waals surface area contributed by atoms with Crippen LogP contribution in [0.1, 0.15) is 72.0 Å². The highest BCUT2D eigenvalue weighted by Gasteiger charge is 2.29. The zero-order chi connectivity index (χ0) is 25.9. The van der Waals surface area contributed by atoms with Crippen LogP contribution in [-0.2, 0) is 16.8 Å². The largest absolute Gasteiger partial charge is 0.493 e. The molecule has 0 unspecified atom stereocenters. The molecular weight excluding hydrogens is 524 g/mol. The number of amides is 1. The Morgan fingerprint density at radius 2 is 1.81 bits per heavy atom. The molecule has 0 saturated heterocycles. The van der Waals surface area contributed by atoms with Gasteiger partial charge >= 0.3 is 0 Å². The van der Waals surface area contributed by atoms with E-state index in [4.69, 9.17) is 10.1 Å². The average Bonchev–Trinajstić information content (AvgIpc) is 3.10. The third-order valence-corrected chi connectivity index (χ3v) is 5.91. The van der Waals surface area contributed by atoms with Gasteiger partial charge in [0.15, 0.2) is 5.78 Å². The quantitative estimate of drug-likeness (QED) is 0.394. The number of ketones is 2. The molecule has 36 heavy (non-hydrogen) atoms. The first-order valence-corrected chi connectivity index (χ1v) is 11.7. The van der Waals surface area contributed by atoms with E-state index in [-0.39, 0.29) is 58.8 Å². The summed E-state index contributed by atoms with van der Waals surface area (Å²) in [5, 5.41) is 14.4.